The van der Waals surface area contributed by atoms with E-state index in [0.717, 1.165) is 44.9 Å². The predicted molar refractivity (Wildman–Crippen MR) is 263 cm³/mol. The lowest BCUT2D eigenvalue weighted by Crippen LogP contribution is -2.15. The van der Waals surface area contributed by atoms with Crippen molar-refractivity contribution >= 4 is 11.8 Å². The molecule has 10 aromatic rings. The Balaban J connectivity index is 1.13. The molecule has 12 rings (SSSR count). The quantitative estimate of drug-likeness (QED) is 0.177. The average molecular weight is 837 g/mol. The molecule has 2 aliphatic rings. The SMILES string of the molecule is CC1(C)c2ccccc2-c2cc3c(cc21)Sc1ccccc1-c1ccccc1-c1ccccc1-c1ccc(-c2cc(-c4ccc(-c5cccnc5)nc4)nc(-c4ccccc4)n2)cc1-3. The number of nitrogens with zero attached hydrogens (tertiary/aromatic N) is 4. The fraction of sp³-hybridized carbons (Fsp3) is 0.0508. The van der Waals surface area contributed by atoms with E-state index in [1.165, 1.54) is 71.0 Å². The van der Waals surface area contributed by atoms with E-state index in [0.29, 0.717) is 5.82 Å². The zero-order chi connectivity index (χ0) is 42.8. The van der Waals surface area contributed by atoms with Crippen molar-refractivity contribution in [2.45, 2.75) is 29.1 Å². The fourth-order valence-electron chi connectivity index (χ4n) is 9.68. The summed E-state index contributed by atoms with van der Waals surface area (Å²) in [5.41, 5.74) is 21.0. The van der Waals surface area contributed by atoms with Crippen molar-refractivity contribution in [3.8, 4) is 101 Å². The van der Waals surface area contributed by atoms with Gasteiger partial charge in [-0.2, -0.15) is 0 Å². The second-order valence-corrected chi connectivity index (χ2v) is 18.1. The maximum atomic E-state index is 5.33. The van der Waals surface area contributed by atoms with Crippen LogP contribution in [0.5, 0.6) is 0 Å². The minimum Gasteiger partial charge on any atom is -0.264 e. The Hall–Kier alpha value is -7.73. The van der Waals surface area contributed by atoms with Gasteiger partial charge in [0.15, 0.2) is 5.82 Å². The molecule has 3 aromatic heterocycles. The molecule has 0 radical (unpaired) electrons. The van der Waals surface area contributed by atoms with E-state index in [4.69, 9.17) is 15.0 Å². The summed E-state index contributed by atoms with van der Waals surface area (Å²) in [4.78, 5) is 22.1. The Kier molecular flexibility index (Phi) is 9.06. The smallest absolute Gasteiger partial charge is 0.160 e. The van der Waals surface area contributed by atoms with Gasteiger partial charge >= 0.3 is 0 Å². The van der Waals surface area contributed by atoms with Crippen LogP contribution in [0.3, 0.4) is 0 Å². The van der Waals surface area contributed by atoms with Gasteiger partial charge in [-0.05, 0) is 121 Å². The van der Waals surface area contributed by atoms with Crippen LogP contribution in [0.15, 0.2) is 216 Å². The molecular weight excluding hydrogens is 797 g/mol. The summed E-state index contributed by atoms with van der Waals surface area (Å²) < 4.78 is 0. The Bertz CT molecular complexity index is 3430. The fourth-order valence-corrected chi connectivity index (χ4v) is 10.8. The molecule has 1 aliphatic heterocycles. The van der Waals surface area contributed by atoms with Crippen LogP contribution in [-0.2, 0) is 5.41 Å². The summed E-state index contributed by atoms with van der Waals surface area (Å²) >= 11 is 1.86. The first kappa shape index (κ1) is 38.0. The lowest BCUT2D eigenvalue weighted by Gasteiger charge is -2.24. The standard InChI is InChI=1S/C59H40N4S/c1-59(2)51-24-12-10-22-46(51)49-32-50-48-31-38(54-34-55(63-58(62-54)37-15-4-3-5-16-37)40-27-29-53(61-36-40)39-17-14-30-60-35-39)26-28-45(48)43-20-7-6-18-41(43)42-19-8-9-21-44(42)47-23-11-13-25-56(47)64-57(50)33-52(49)59/h3-36H,1-2H3. The first-order valence-electron chi connectivity index (χ1n) is 21.7. The van der Waals surface area contributed by atoms with E-state index in [1.807, 2.05) is 60.6 Å². The van der Waals surface area contributed by atoms with Crippen LogP contribution in [0.25, 0.3) is 101 Å². The lowest BCUT2D eigenvalue weighted by atomic mass is 9.81. The lowest BCUT2D eigenvalue weighted by molar-refractivity contribution is 0.659. The number of hydrogen-bond acceptors (Lipinski definition) is 5. The number of fused-ring (bicyclic) bond motifs is 12. The van der Waals surface area contributed by atoms with Crippen LogP contribution >= 0.6 is 11.8 Å². The highest BCUT2D eigenvalue weighted by Gasteiger charge is 2.37. The first-order valence-corrected chi connectivity index (χ1v) is 22.5. The number of rotatable bonds is 4. The molecule has 0 N–H and O–H groups in total. The molecule has 64 heavy (non-hydrogen) atoms. The highest BCUT2D eigenvalue weighted by molar-refractivity contribution is 7.99. The highest BCUT2D eigenvalue weighted by Crippen LogP contribution is 2.55. The van der Waals surface area contributed by atoms with Gasteiger partial charge in [-0.3, -0.25) is 9.97 Å². The molecule has 0 spiro atoms. The Morgan fingerprint density at radius 3 is 1.66 bits per heavy atom. The van der Waals surface area contributed by atoms with E-state index in [-0.39, 0.29) is 5.41 Å². The molecule has 0 atom stereocenters. The number of aromatic nitrogens is 4. The largest absolute Gasteiger partial charge is 0.264 e. The molecule has 0 saturated carbocycles. The van der Waals surface area contributed by atoms with Crippen molar-refractivity contribution in [3.63, 3.8) is 0 Å². The van der Waals surface area contributed by atoms with Gasteiger partial charge in [0, 0.05) is 56.1 Å². The van der Waals surface area contributed by atoms with Crippen molar-refractivity contribution in [2.75, 3.05) is 0 Å². The maximum absolute atomic E-state index is 5.33. The predicted octanol–water partition coefficient (Wildman–Crippen LogP) is 15.4. The third-order valence-corrected chi connectivity index (χ3v) is 14.0. The van der Waals surface area contributed by atoms with Crippen LogP contribution in [0.1, 0.15) is 25.0 Å². The van der Waals surface area contributed by atoms with Gasteiger partial charge < -0.3 is 0 Å². The first-order chi connectivity index (χ1) is 31.5. The molecule has 0 saturated heterocycles. The normalized spacial score (nSPS) is 12.9. The Labute approximate surface area is 377 Å². The summed E-state index contributed by atoms with van der Waals surface area (Å²) in [6, 6.07) is 67.9. The van der Waals surface area contributed by atoms with Crippen molar-refractivity contribution in [2.24, 2.45) is 0 Å². The molecule has 0 unspecified atom stereocenters. The topological polar surface area (TPSA) is 51.6 Å². The van der Waals surface area contributed by atoms with Crippen LogP contribution in [0, 0.1) is 0 Å². The van der Waals surface area contributed by atoms with Crippen LogP contribution in [0.2, 0.25) is 0 Å². The van der Waals surface area contributed by atoms with Gasteiger partial charge in [0.2, 0.25) is 0 Å². The molecule has 7 aromatic carbocycles. The molecule has 4 heterocycles. The summed E-state index contributed by atoms with van der Waals surface area (Å²) in [5.74, 6) is 0.659. The van der Waals surface area contributed by atoms with Crippen molar-refractivity contribution in [1.82, 2.24) is 19.9 Å². The Morgan fingerprint density at radius 1 is 0.359 bits per heavy atom. The summed E-state index contributed by atoms with van der Waals surface area (Å²) in [7, 11) is 0. The third-order valence-electron chi connectivity index (χ3n) is 12.9. The molecule has 302 valence electrons. The number of hydrogen-bond donors (Lipinski definition) is 0. The average Bonchev–Trinajstić information content (AvgIpc) is 3.58. The van der Waals surface area contributed by atoms with Gasteiger partial charge in [0.25, 0.3) is 0 Å². The zero-order valence-electron chi connectivity index (χ0n) is 35.3. The molecular formula is C59H40N4S. The summed E-state index contributed by atoms with van der Waals surface area (Å²) in [6.45, 7) is 4.73. The van der Waals surface area contributed by atoms with Gasteiger partial charge in [-0.15, -0.1) is 0 Å². The molecule has 5 heteroatoms. The Morgan fingerprint density at radius 2 is 0.953 bits per heavy atom. The van der Waals surface area contributed by atoms with Crippen LogP contribution in [0.4, 0.5) is 0 Å². The van der Waals surface area contributed by atoms with E-state index in [1.54, 1.807) is 6.20 Å². The van der Waals surface area contributed by atoms with Gasteiger partial charge in [0.1, 0.15) is 0 Å². The van der Waals surface area contributed by atoms with Crippen molar-refractivity contribution in [3.05, 3.63) is 218 Å². The van der Waals surface area contributed by atoms with E-state index < -0.39 is 0 Å². The van der Waals surface area contributed by atoms with E-state index >= 15 is 0 Å². The number of benzene rings is 7. The van der Waals surface area contributed by atoms with Gasteiger partial charge in [-0.25, -0.2) is 9.97 Å². The number of pyridine rings is 2. The van der Waals surface area contributed by atoms with Crippen molar-refractivity contribution in [1.29, 1.82) is 0 Å². The van der Waals surface area contributed by atoms with Crippen LogP contribution in [-0.4, -0.2) is 19.9 Å². The van der Waals surface area contributed by atoms with E-state index in [9.17, 15) is 0 Å². The molecule has 0 amide bonds. The maximum Gasteiger partial charge on any atom is 0.160 e. The molecule has 1 aliphatic carbocycles. The van der Waals surface area contributed by atoms with Crippen LogP contribution < -0.4 is 0 Å². The minimum atomic E-state index is -0.159. The molecule has 4 nitrogen and oxygen atoms in total. The molecule has 0 bridgehead atoms. The second-order valence-electron chi connectivity index (χ2n) is 17.0. The van der Waals surface area contributed by atoms with E-state index in [2.05, 4.69) is 170 Å². The van der Waals surface area contributed by atoms with Crippen molar-refractivity contribution < 1.29 is 0 Å². The van der Waals surface area contributed by atoms with Gasteiger partial charge in [-0.1, -0.05) is 159 Å². The monoisotopic (exact) mass is 836 g/mol. The third kappa shape index (κ3) is 6.39. The summed E-state index contributed by atoms with van der Waals surface area (Å²) in [5, 5.41) is 0. The van der Waals surface area contributed by atoms with Gasteiger partial charge in [0.05, 0.1) is 17.1 Å². The summed E-state index contributed by atoms with van der Waals surface area (Å²) in [6.07, 6.45) is 5.52. The second kappa shape index (κ2) is 15.3. The highest BCUT2D eigenvalue weighted by atomic mass is 32.2. The zero-order valence-corrected chi connectivity index (χ0v) is 36.1. The molecule has 0 fully saturated rings. The minimum absolute atomic E-state index is 0.159.